The summed E-state index contributed by atoms with van der Waals surface area (Å²) in [7, 11) is 1.57. The molecule has 0 radical (unpaired) electrons. The van der Waals surface area contributed by atoms with Crippen LogP contribution in [0, 0.1) is 0 Å². The summed E-state index contributed by atoms with van der Waals surface area (Å²) >= 11 is 5.96. The van der Waals surface area contributed by atoms with Crippen molar-refractivity contribution in [2.45, 2.75) is 19.6 Å². The van der Waals surface area contributed by atoms with Crippen LogP contribution in [0.25, 0.3) is 5.70 Å². The zero-order valence-electron chi connectivity index (χ0n) is 19.5. The minimum Gasteiger partial charge on any atom is -0.493 e. The third-order valence-corrected chi connectivity index (χ3v) is 5.76. The van der Waals surface area contributed by atoms with Gasteiger partial charge in [-0.25, -0.2) is 10.1 Å². The lowest BCUT2D eigenvalue weighted by Gasteiger charge is -2.23. The maximum absolute atomic E-state index is 13.1. The standard InChI is InChI=1S/C27H26ClN3O4/c1-3-34-26(32)23-24(18-7-5-4-6-8-18)30-27(29)31-25(23)19-11-14-21(22(15-19)33-2)35-16-17-9-12-20(28)13-10-17/h4-15,25H,3,16H2,1-2H3,(H3,29,30,31)/p+1/t25-/m1/s1. The Morgan fingerprint density at radius 2 is 1.80 bits per heavy atom. The second kappa shape index (κ2) is 11.0. The van der Waals surface area contributed by atoms with Crippen LogP contribution < -0.4 is 25.5 Å². The monoisotopic (exact) mass is 492 g/mol. The number of methoxy groups -OCH3 is 1. The molecule has 0 spiro atoms. The van der Waals surface area contributed by atoms with Crippen LogP contribution in [0.15, 0.2) is 78.4 Å². The SMILES string of the molecule is CCOC(=O)C1=C(c2ccccc2)NC(N)=[NH+][C@@H]1c1ccc(OCc2ccc(Cl)cc2)c(OC)c1. The first kappa shape index (κ1) is 24.2. The largest absolute Gasteiger partial charge is 0.493 e. The van der Waals surface area contributed by atoms with Crippen molar-refractivity contribution >= 4 is 29.2 Å². The van der Waals surface area contributed by atoms with Gasteiger partial charge in [0.2, 0.25) is 0 Å². The number of nitrogens with one attached hydrogen (secondary N) is 2. The first-order valence-corrected chi connectivity index (χ1v) is 11.6. The Morgan fingerprint density at radius 1 is 1.06 bits per heavy atom. The van der Waals surface area contributed by atoms with E-state index in [2.05, 4.69) is 10.3 Å². The number of nitrogens with two attached hydrogens (primary N) is 1. The molecule has 4 N–H and O–H groups in total. The molecule has 7 nitrogen and oxygen atoms in total. The lowest BCUT2D eigenvalue weighted by atomic mass is 9.93. The van der Waals surface area contributed by atoms with E-state index in [-0.39, 0.29) is 6.61 Å². The van der Waals surface area contributed by atoms with Gasteiger partial charge in [0.15, 0.2) is 11.5 Å². The summed E-state index contributed by atoms with van der Waals surface area (Å²) in [6.45, 7) is 2.37. The van der Waals surface area contributed by atoms with Crippen LogP contribution >= 0.6 is 11.6 Å². The van der Waals surface area contributed by atoms with E-state index in [0.29, 0.717) is 40.4 Å². The summed E-state index contributed by atoms with van der Waals surface area (Å²) in [5.41, 5.74) is 9.76. The van der Waals surface area contributed by atoms with Gasteiger partial charge in [-0.2, -0.15) is 0 Å². The van der Waals surface area contributed by atoms with E-state index >= 15 is 0 Å². The van der Waals surface area contributed by atoms with Crippen molar-refractivity contribution < 1.29 is 24.0 Å². The lowest BCUT2D eigenvalue weighted by Crippen LogP contribution is -2.82. The van der Waals surface area contributed by atoms with Gasteiger partial charge in [0.1, 0.15) is 23.9 Å². The quantitative estimate of drug-likeness (QED) is 0.418. The van der Waals surface area contributed by atoms with Crippen molar-refractivity contribution in [2.75, 3.05) is 13.7 Å². The van der Waals surface area contributed by atoms with Gasteiger partial charge in [-0.1, -0.05) is 60.1 Å². The van der Waals surface area contributed by atoms with Gasteiger partial charge in [0, 0.05) is 10.6 Å². The molecule has 4 rings (SSSR count). The Morgan fingerprint density at radius 3 is 2.49 bits per heavy atom. The highest BCUT2D eigenvalue weighted by atomic mass is 35.5. The molecule has 1 heterocycles. The number of carbonyl (C=O) groups is 1. The molecule has 0 aliphatic carbocycles. The van der Waals surface area contributed by atoms with E-state index < -0.39 is 12.0 Å². The Kier molecular flexibility index (Phi) is 7.57. The maximum atomic E-state index is 13.1. The number of guanidine groups is 1. The molecular weight excluding hydrogens is 466 g/mol. The Bertz CT molecular complexity index is 1260. The van der Waals surface area contributed by atoms with Gasteiger partial charge in [-0.05, 0) is 42.3 Å². The van der Waals surface area contributed by atoms with Crippen molar-refractivity contribution in [2.24, 2.45) is 5.73 Å². The van der Waals surface area contributed by atoms with Crippen LogP contribution in [-0.4, -0.2) is 25.6 Å². The highest BCUT2D eigenvalue weighted by Gasteiger charge is 2.35. The van der Waals surface area contributed by atoms with E-state index in [9.17, 15) is 4.79 Å². The van der Waals surface area contributed by atoms with Gasteiger partial charge in [-0.15, -0.1) is 0 Å². The van der Waals surface area contributed by atoms with Crippen LogP contribution in [0.1, 0.15) is 29.7 Å². The average Bonchev–Trinajstić information content (AvgIpc) is 2.88. The fraction of sp³-hybridized carbons (Fsp3) is 0.185. The number of halogens is 1. The van der Waals surface area contributed by atoms with Crippen molar-refractivity contribution in [3.63, 3.8) is 0 Å². The molecule has 0 bridgehead atoms. The minimum absolute atomic E-state index is 0.247. The Labute approximate surface area is 209 Å². The molecule has 8 heteroatoms. The Hall–Kier alpha value is -3.97. The van der Waals surface area contributed by atoms with Crippen LogP contribution in [0.2, 0.25) is 5.02 Å². The molecule has 1 atom stereocenters. The fourth-order valence-corrected chi connectivity index (χ4v) is 3.97. The average molecular weight is 493 g/mol. The smallest absolute Gasteiger partial charge is 0.346 e. The number of ether oxygens (including phenoxy) is 3. The normalized spacial score (nSPS) is 15.2. The van der Waals surface area contributed by atoms with Crippen LogP contribution in [0.3, 0.4) is 0 Å². The third-order valence-electron chi connectivity index (χ3n) is 5.50. The summed E-state index contributed by atoms with van der Waals surface area (Å²) < 4.78 is 17.0. The summed E-state index contributed by atoms with van der Waals surface area (Å²) in [5.74, 6) is 0.983. The fourth-order valence-electron chi connectivity index (χ4n) is 3.85. The van der Waals surface area contributed by atoms with Crippen molar-refractivity contribution in [3.05, 3.63) is 100 Å². The van der Waals surface area contributed by atoms with Crippen LogP contribution in [0.5, 0.6) is 11.5 Å². The second-order valence-electron chi connectivity index (χ2n) is 7.82. The van der Waals surface area contributed by atoms with Gasteiger partial charge < -0.3 is 14.2 Å². The number of benzene rings is 3. The van der Waals surface area contributed by atoms with E-state index in [1.54, 1.807) is 14.0 Å². The number of hydrogen-bond donors (Lipinski definition) is 3. The van der Waals surface area contributed by atoms with Crippen molar-refractivity contribution in [3.8, 4) is 11.5 Å². The zero-order chi connectivity index (χ0) is 24.8. The van der Waals surface area contributed by atoms with Gasteiger partial charge in [0.05, 0.1) is 13.7 Å². The molecule has 35 heavy (non-hydrogen) atoms. The van der Waals surface area contributed by atoms with Crippen molar-refractivity contribution in [1.29, 1.82) is 0 Å². The Balaban J connectivity index is 1.70. The molecular formula is C27H27ClN3O4+. The first-order chi connectivity index (χ1) is 17.0. The van der Waals surface area contributed by atoms with E-state index in [1.165, 1.54) is 0 Å². The second-order valence-corrected chi connectivity index (χ2v) is 8.25. The lowest BCUT2D eigenvalue weighted by molar-refractivity contribution is -0.502. The molecule has 1 aliphatic heterocycles. The van der Waals surface area contributed by atoms with Crippen LogP contribution in [-0.2, 0) is 16.1 Å². The summed E-state index contributed by atoms with van der Waals surface area (Å²) in [4.78, 5) is 16.3. The van der Waals surface area contributed by atoms with Gasteiger partial charge >= 0.3 is 11.9 Å². The molecule has 3 aromatic carbocycles. The molecule has 1 aliphatic rings. The highest BCUT2D eigenvalue weighted by molar-refractivity contribution is 6.30. The molecule has 0 unspecified atom stereocenters. The van der Waals surface area contributed by atoms with E-state index in [1.807, 2.05) is 72.8 Å². The number of esters is 1. The topological polar surface area (TPSA) is 96.8 Å². The molecule has 180 valence electrons. The maximum Gasteiger partial charge on any atom is 0.346 e. The predicted molar refractivity (Wildman–Crippen MR) is 135 cm³/mol. The van der Waals surface area contributed by atoms with E-state index in [0.717, 1.165) is 16.7 Å². The molecule has 0 fully saturated rings. The molecule has 0 amide bonds. The minimum atomic E-state index is -0.565. The number of hydrogen-bond acceptors (Lipinski definition) is 6. The van der Waals surface area contributed by atoms with Crippen LogP contribution in [0.4, 0.5) is 0 Å². The molecule has 0 aromatic heterocycles. The molecule has 3 aromatic rings. The predicted octanol–water partition coefficient (Wildman–Crippen LogP) is 2.94. The van der Waals surface area contributed by atoms with Gasteiger partial charge in [-0.3, -0.25) is 10.7 Å². The summed E-state index contributed by atoms with van der Waals surface area (Å²) in [6, 6.07) is 21.9. The highest BCUT2D eigenvalue weighted by Crippen LogP contribution is 2.34. The molecule has 0 saturated carbocycles. The summed E-state index contributed by atoms with van der Waals surface area (Å²) in [6.07, 6.45) is 0. The first-order valence-electron chi connectivity index (χ1n) is 11.2. The third kappa shape index (κ3) is 5.58. The van der Waals surface area contributed by atoms with E-state index in [4.69, 9.17) is 31.5 Å². The van der Waals surface area contributed by atoms with Gasteiger partial charge in [0.25, 0.3) is 0 Å². The molecule has 0 saturated heterocycles. The van der Waals surface area contributed by atoms with Crippen molar-refractivity contribution in [1.82, 2.24) is 5.32 Å². The number of rotatable bonds is 8. The summed E-state index contributed by atoms with van der Waals surface area (Å²) in [5, 5.41) is 3.77. The zero-order valence-corrected chi connectivity index (χ0v) is 20.3. The number of carbonyl (C=O) groups excluding carboxylic acids is 1.